The van der Waals surface area contributed by atoms with E-state index in [0.717, 1.165) is 17.7 Å². The first-order chi connectivity index (χ1) is 16.9. The molecule has 1 aromatic heterocycles. The zero-order valence-corrected chi connectivity index (χ0v) is 21.2. The van der Waals surface area contributed by atoms with Gasteiger partial charge in [0.25, 0.3) is 15.9 Å². The molecule has 2 aliphatic heterocycles. The van der Waals surface area contributed by atoms with Gasteiger partial charge in [-0.05, 0) is 42.7 Å². The minimum absolute atomic E-state index is 0.142. The Morgan fingerprint density at radius 1 is 1.00 bits per heavy atom. The van der Waals surface area contributed by atoms with Crippen molar-refractivity contribution in [3.8, 4) is 0 Å². The van der Waals surface area contributed by atoms with E-state index in [1.807, 2.05) is 49.4 Å². The van der Waals surface area contributed by atoms with Crippen LogP contribution in [-0.2, 0) is 29.5 Å². The Balaban J connectivity index is 1.37. The highest BCUT2D eigenvalue weighted by Crippen LogP contribution is 2.27. The third-order valence-electron chi connectivity index (χ3n) is 6.70. The Bertz CT molecular complexity index is 1350. The fraction of sp³-hybridized carbons (Fsp3) is 0.360. The molecule has 1 saturated heterocycles. The molecule has 8 nitrogen and oxygen atoms in total. The van der Waals surface area contributed by atoms with Crippen LogP contribution in [0.5, 0.6) is 0 Å². The molecule has 5 rings (SSSR count). The fourth-order valence-corrected chi connectivity index (χ4v) is 6.42. The van der Waals surface area contributed by atoms with Gasteiger partial charge in [0, 0.05) is 62.7 Å². The number of anilines is 1. The number of nitrogens with zero attached hydrogens (tertiary/aromatic N) is 5. The van der Waals surface area contributed by atoms with Crippen molar-refractivity contribution in [3.05, 3.63) is 76.4 Å². The maximum Gasteiger partial charge on any atom is 0.263 e. The van der Waals surface area contributed by atoms with Gasteiger partial charge in [-0.2, -0.15) is 9.40 Å². The highest BCUT2D eigenvalue weighted by molar-refractivity contribution is 7.89. The summed E-state index contributed by atoms with van der Waals surface area (Å²) in [4.78, 5) is 17.4. The molecule has 0 aliphatic carbocycles. The molecule has 0 saturated carbocycles. The smallest absolute Gasteiger partial charge is 0.263 e. The third-order valence-corrected chi connectivity index (χ3v) is 8.77. The fourth-order valence-electron chi connectivity index (χ4n) is 4.72. The van der Waals surface area contributed by atoms with Gasteiger partial charge in [0.05, 0.1) is 5.56 Å². The number of amides is 1. The first kappa shape index (κ1) is 23.8. The summed E-state index contributed by atoms with van der Waals surface area (Å²) < 4.78 is 30.3. The third kappa shape index (κ3) is 4.68. The summed E-state index contributed by atoms with van der Waals surface area (Å²) in [7, 11) is -3.94. The van der Waals surface area contributed by atoms with Crippen molar-refractivity contribution in [1.29, 1.82) is 0 Å². The predicted molar refractivity (Wildman–Crippen MR) is 135 cm³/mol. The Kier molecular flexibility index (Phi) is 6.57. The van der Waals surface area contributed by atoms with E-state index >= 15 is 0 Å². The zero-order valence-electron chi connectivity index (χ0n) is 19.6. The van der Waals surface area contributed by atoms with Crippen molar-refractivity contribution in [2.24, 2.45) is 0 Å². The molecule has 0 bridgehead atoms. The number of halogens is 1. The first-order valence-corrected chi connectivity index (χ1v) is 13.6. The minimum Gasteiger partial charge on any atom is -0.369 e. The Morgan fingerprint density at radius 3 is 2.46 bits per heavy atom. The Hall–Kier alpha value is -2.88. The van der Waals surface area contributed by atoms with Crippen LogP contribution in [0, 0.1) is 0 Å². The van der Waals surface area contributed by atoms with E-state index in [2.05, 4.69) is 16.1 Å². The summed E-state index contributed by atoms with van der Waals surface area (Å²) in [6.07, 6.45) is 2.31. The van der Waals surface area contributed by atoms with Gasteiger partial charge in [0.2, 0.25) is 5.03 Å². The molecule has 0 spiro atoms. The van der Waals surface area contributed by atoms with Gasteiger partial charge in [0.1, 0.15) is 0 Å². The van der Waals surface area contributed by atoms with Crippen LogP contribution in [0.3, 0.4) is 0 Å². The van der Waals surface area contributed by atoms with Crippen LogP contribution in [0.4, 0.5) is 5.69 Å². The van der Waals surface area contributed by atoms with E-state index in [0.29, 0.717) is 50.8 Å². The first-order valence-electron chi connectivity index (χ1n) is 11.8. The number of hydrogen-bond acceptors (Lipinski definition) is 5. The van der Waals surface area contributed by atoms with Crippen LogP contribution in [0.2, 0.25) is 5.02 Å². The van der Waals surface area contributed by atoms with Crippen molar-refractivity contribution < 1.29 is 13.2 Å². The van der Waals surface area contributed by atoms with Crippen LogP contribution in [-0.4, -0.2) is 66.0 Å². The van der Waals surface area contributed by atoms with Crippen molar-refractivity contribution >= 4 is 33.2 Å². The number of rotatable bonds is 5. The van der Waals surface area contributed by atoms with Crippen LogP contribution in [0.1, 0.15) is 28.4 Å². The van der Waals surface area contributed by atoms with Gasteiger partial charge < -0.3 is 9.80 Å². The van der Waals surface area contributed by atoms with E-state index < -0.39 is 10.0 Å². The molecule has 0 radical (unpaired) electrons. The summed E-state index contributed by atoms with van der Waals surface area (Å²) >= 11 is 6.12. The SMILES string of the molecule is CCn1cc(C(=O)N2CCc3ccccc3C2)c(S(=O)(=O)N2CCN(c3cccc(Cl)c3)CC2)n1. The predicted octanol–water partition coefficient (Wildman–Crippen LogP) is 3.27. The molecular formula is C25H28ClN5O3S. The Morgan fingerprint density at radius 2 is 1.74 bits per heavy atom. The number of benzene rings is 2. The topological polar surface area (TPSA) is 78.8 Å². The van der Waals surface area contributed by atoms with E-state index in [-0.39, 0.29) is 16.5 Å². The molecule has 184 valence electrons. The summed E-state index contributed by atoms with van der Waals surface area (Å²) in [5, 5.41) is 4.82. The summed E-state index contributed by atoms with van der Waals surface area (Å²) in [6.45, 7) is 5.02. The summed E-state index contributed by atoms with van der Waals surface area (Å²) in [5.41, 5.74) is 3.43. The molecule has 3 heterocycles. The lowest BCUT2D eigenvalue weighted by atomic mass is 9.99. The molecule has 0 unspecified atom stereocenters. The monoisotopic (exact) mass is 513 g/mol. The second kappa shape index (κ2) is 9.64. The maximum atomic E-state index is 13.7. The second-order valence-corrected chi connectivity index (χ2v) is 11.1. The lowest BCUT2D eigenvalue weighted by molar-refractivity contribution is 0.0730. The highest BCUT2D eigenvalue weighted by Gasteiger charge is 2.36. The summed E-state index contributed by atoms with van der Waals surface area (Å²) in [5.74, 6) is -0.296. The molecule has 1 fully saturated rings. The standard InChI is InChI=1S/C25H28ClN5O3S/c1-2-30-18-23(25(32)29-11-10-19-6-3-4-7-20(19)17-29)24(27-30)35(33,34)31-14-12-28(13-15-31)22-9-5-8-21(26)16-22/h3-9,16,18H,2,10-15,17H2,1H3. The summed E-state index contributed by atoms with van der Waals surface area (Å²) in [6, 6.07) is 15.6. The van der Waals surface area contributed by atoms with Crippen LogP contribution < -0.4 is 4.90 Å². The maximum absolute atomic E-state index is 13.7. The molecule has 2 aliphatic rings. The minimum atomic E-state index is -3.94. The lowest BCUT2D eigenvalue weighted by Gasteiger charge is -2.35. The lowest BCUT2D eigenvalue weighted by Crippen LogP contribution is -2.49. The largest absolute Gasteiger partial charge is 0.369 e. The molecule has 1 amide bonds. The van der Waals surface area contributed by atoms with Gasteiger partial charge in [0.15, 0.2) is 0 Å². The van der Waals surface area contributed by atoms with Crippen LogP contribution >= 0.6 is 11.6 Å². The number of piperazine rings is 1. The number of carbonyl (C=O) groups is 1. The van der Waals surface area contributed by atoms with Crippen molar-refractivity contribution in [1.82, 2.24) is 19.0 Å². The number of fused-ring (bicyclic) bond motifs is 1. The van der Waals surface area contributed by atoms with Crippen molar-refractivity contribution in [2.45, 2.75) is 31.5 Å². The van der Waals surface area contributed by atoms with Gasteiger partial charge >= 0.3 is 0 Å². The van der Waals surface area contributed by atoms with E-state index in [9.17, 15) is 13.2 Å². The van der Waals surface area contributed by atoms with Crippen LogP contribution in [0.25, 0.3) is 0 Å². The molecule has 2 aromatic carbocycles. The average molecular weight is 514 g/mol. The number of carbonyl (C=O) groups excluding carboxylic acids is 1. The number of aromatic nitrogens is 2. The highest BCUT2D eigenvalue weighted by atomic mass is 35.5. The Labute approximate surface area is 210 Å². The van der Waals surface area contributed by atoms with Crippen LogP contribution in [0.15, 0.2) is 59.8 Å². The van der Waals surface area contributed by atoms with Crippen molar-refractivity contribution in [2.75, 3.05) is 37.6 Å². The van der Waals surface area contributed by atoms with Gasteiger partial charge in [-0.3, -0.25) is 9.48 Å². The normalized spacial score (nSPS) is 16.9. The van der Waals surface area contributed by atoms with E-state index in [1.165, 1.54) is 14.6 Å². The zero-order chi connectivity index (χ0) is 24.6. The molecular weight excluding hydrogens is 486 g/mol. The number of sulfonamides is 1. The number of aryl methyl sites for hydroxylation is 1. The molecule has 0 atom stereocenters. The quantitative estimate of drug-likeness (QED) is 0.523. The van der Waals surface area contributed by atoms with E-state index in [4.69, 9.17) is 11.6 Å². The molecule has 3 aromatic rings. The second-order valence-electron chi connectivity index (χ2n) is 8.82. The molecule has 35 heavy (non-hydrogen) atoms. The van der Waals surface area contributed by atoms with Gasteiger partial charge in [-0.25, -0.2) is 8.42 Å². The molecule has 0 N–H and O–H groups in total. The van der Waals surface area contributed by atoms with E-state index in [1.54, 1.807) is 11.1 Å². The van der Waals surface area contributed by atoms with Crippen molar-refractivity contribution in [3.63, 3.8) is 0 Å². The average Bonchev–Trinajstić information content (AvgIpc) is 3.34. The molecule has 10 heteroatoms. The number of hydrogen-bond donors (Lipinski definition) is 0. The van der Waals surface area contributed by atoms with Gasteiger partial charge in [-0.1, -0.05) is 41.9 Å². The van der Waals surface area contributed by atoms with Gasteiger partial charge in [-0.15, -0.1) is 0 Å².